The maximum Gasteiger partial charge on any atom is 0.0623 e. The zero-order valence-electron chi connectivity index (χ0n) is 21.1. The summed E-state index contributed by atoms with van der Waals surface area (Å²) in [6.07, 6.45) is 15.5. The van der Waals surface area contributed by atoms with Gasteiger partial charge in [-0.05, 0) is 102 Å². The molecule has 2 saturated heterocycles. The Balaban J connectivity index is 1.36. The van der Waals surface area contributed by atoms with Crippen molar-refractivity contribution in [2.24, 2.45) is 5.92 Å². The largest absolute Gasteiger partial charge is 0.361 e. The van der Waals surface area contributed by atoms with Crippen molar-refractivity contribution in [3.8, 4) is 0 Å². The molecular weight excluding hydrogens is 422 g/mol. The van der Waals surface area contributed by atoms with Crippen LogP contribution in [0.25, 0.3) is 0 Å². The van der Waals surface area contributed by atoms with Gasteiger partial charge in [0, 0.05) is 24.3 Å². The summed E-state index contributed by atoms with van der Waals surface area (Å²) in [5.74, 6) is 1.32. The van der Waals surface area contributed by atoms with Crippen LogP contribution < -0.4 is 5.32 Å². The molecule has 0 aromatic heterocycles. The highest BCUT2D eigenvalue weighted by Gasteiger charge is 2.47. The molecule has 1 aliphatic carbocycles. The van der Waals surface area contributed by atoms with Crippen LogP contribution in [0.4, 0.5) is 0 Å². The van der Waals surface area contributed by atoms with Crippen LogP contribution >= 0.6 is 11.9 Å². The van der Waals surface area contributed by atoms with Crippen LogP contribution in [-0.2, 0) is 0 Å². The van der Waals surface area contributed by atoms with E-state index in [9.17, 15) is 0 Å². The third-order valence-corrected chi connectivity index (χ3v) is 10.1. The fraction of sp³-hybridized carbons (Fsp3) is 0.655. The molecule has 3 unspecified atom stereocenters. The average Bonchev–Trinajstić information content (AvgIpc) is 3.10. The van der Waals surface area contributed by atoms with Crippen LogP contribution in [0.3, 0.4) is 0 Å². The second kappa shape index (κ2) is 9.79. The number of piperidine rings is 2. The van der Waals surface area contributed by atoms with E-state index >= 15 is 0 Å². The van der Waals surface area contributed by atoms with Gasteiger partial charge in [-0.1, -0.05) is 54.3 Å². The van der Waals surface area contributed by atoms with E-state index in [1.54, 1.807) is 11.1 Å². The van der Waals surface area contributed by atoms with Gasteiger partial charge in [0.2, 0.25) is 0 Å². The molecule has 4 heteroatoms. The van der Waals surface area contributed by atoms with Crippen LogP contribution in [0.15, 0.2) is 42.1 Å². The van der Waals surface area contributed by atoms with Gasteiger partial charge in [-0.15, -0.1) is 0 Å². The molecule has 33 heavy (non-hydrogen) atoms. The highest BCUT2D eigenvalue weighted by atomic mass is 32.2. The Morgan fingerprint density at radius 1 is 1.09 bits per heavy atom. The molecule has 1 aromatic rings. The minimum Gasteiger partial charge on any atom is -0.361 e. The zero-order valence-corrected chi connectivity index (χ0v) is 22.0. The van der Waals surface area contributed by atoms with Crippen molar-refractivity contribution in [2.45, 2.75) is 89.0 Å². The van der Waals surface area contributed by atoms with E-state index in [1.807, 2.05) is 0 Å². The maximum absolute atomic E-state index is 3.52. The summed E-state index contributed by atoms with van der Waals surface area (Å²) < 4.78 is 2.63. The van der Waals surface area contributed by atoms with Crippen LogP contribution in [-0.4, -0.2) is 46.2 Å². The lowest BCUT2D eigenvalue weighted by Gasteiger charge is -2.46. The van der Waals surface area contributed by atoms with Crippen molar-refractivity contribution >= 4 is 11.9 Å². The van der Waals surface area contributed by atoms with Crippen molar-refractivity contribution in [3.63, 3.8) is 0 Å². The normalized spacial score (nSPS) is 32.0. The Morgan fingerprint density at radius 3 is 2.61 bits per heavy atom. The zero-order chi connectivity index (χ0) is 23.0. The summed E-state index contributed by atoms with van der Waals surface area (Å²) in [7, 11) is 0. The molecule has 4 atom stereocenters. The molecule has 3 heterocycles. The standard InChI is InChI=1S/C29H43N3S/c1-21-8-9-25(24-11-14-30-15-12-24)18-27(21)23(3)32-20-22(2)28-19-26(10-13-29(28,32)4)33-31-16-6-5-7-17-31/h8-10,13,18,20,23-24,26,28,30H,5-7,11-12,14-17,19H2,1-4H3/t23?,26?,28?,29-/m1/s1. The number of fused-ring (bicyclic) bond motifs is 1. The Morgan fingerprint density at radius 2 is 1.85 bits per heavy atom. The van der Waals surface area contributed by atoms with Crippen molar-refractivity contribution in [1.29, 1.82) is 0 Å². The summed E-state index contributed by atoms with van der Waals surface area (Å²) >= 11 is 2.11. The van der Waals surface area contributed by atoms with E-state index in [-0.39, 0.29) is 5.54 Å². The van der Waals surface area contributed by atoms with Crippen molar-refractivity contribution < 1.29 is 0 Å². The van der Waals surface area contributed by atoms with Crippen LogP contribution in [0.1, 0.15) is 87.9 Å². The van der Waals surface area contributed by atoms with Gasteiger partial charge in [0.1, 0.15) is 0 Å². The maximum atomic E-state index is 3.52. The van der Waals surface area contributed by atoms with Gasteiger partial charge in [0.25, 0.3) is 0 Å². The fourth-order valence-electron chi connectivity index (χ4n) is 6.77. The molecule has 1 N–H and O–H groups in total. The molecular formula is C29H43N3S. The topological polar surface area (TPSA) is 18.5 Å². The molecule has 1 aromatic carbocycles. The Bertz CT molecular complexity index is 896. The van der Waals surface area contributed by atoms with Gasteiger partial charge >= 0.3 is 0 Å². The molecule has 3 nitrogen and oxygen atoms in total. The molecule has 0 bridgehead atoms. The third-order valence-electron chi connectivity index (χ3n) is 8.85. The predicted molar refractivity (Wildman–Crippen MR) is 142 cm³/mol. The van der Waals surface area contributed by atoms with E-state index in [0.29, 0.717) is 23.1 Å². The Hall–Kier alpha value is -1.23. The van der Waals surface area contributed by atoms with E-state index in [1.165, 1.54) is 62.7 Å². The van der Waals surface area contributed by atoms with Gasteiger partial charge in [0.05, 0.1) is 11.6 Å². The number of rotatable bonds is 5. The van der Waals surface area contributed by atoms with Crippen LogP contribution in [0.2, 0.25) is 0 Å². The van der Waals surface area contributed by atoms with Gasteiger partial charge in [-0.3, -0.25) is 4.31 Å². The summed E-state index contributed by atoms with van der Waals surface area (Å²) in [5.41, 5.74) is 6.12. The molecule has 2 fully saturated rings. The van der Waals surface area contributed by atoms with Crippen molar-refractivity contribution in [1.82, 2.24) is 14.5 Å². The number of hydrogen-bond donors (Lipinski definition) is 1. The third kappa shape index (κ3) is 4.68. The lowest BCUT2D eigenvalue weighted by atomic mass is 9.75. The summed E-state index contributed by atoms with van der Waals surface area (Å²) in [4.78, 5) is 2.68. The van der Waals surface area contributed by atoms with E-state index < -0.39 is 0 Å². The van der Waals surface area contributed by atoms with Crippen LogP contribution in [0, 0.1) is 12.8 Å². The molecule has 5 rings (SSSR count). The highest BCUT2D eigenvalue weighted by molar-refractivity contribution is 7.97. The SMILES string of the molecule is CC1=CN(C(C)c2cc(C3CCNCC3)ccc2C)[C@]2(C)C=CC(SN3CCCCC3)CC12. The number of hydrogen-bond acceptors (Lipinski definition) is 4. The molecule has 0 radical (unpaired) electrons. The number of nitrogens with one attached hydrogen (secondary N) is 1. The van der Waals surface area contributed by atoms with E-state index in [4.69, 9.17) is 0 Å². The second-order valence-corrected chi connectivity index (χ2v) is 12.4. The van der Waals surface area contributed by atoms with Gasteiger partial charge in [0.15, 0.2) is 0 Å². The number of benzene rings is 1. The second-order valence-electron chi connectivity index (χ2n) is 11.1. The summed E-state index contributed by atoms with van der Waals surface area (Å²) in [5, 5.41) is 4.14. The highest BCUT2D eigenvalue weighted by Crippen LogP contribution is 2.50. The first kappa shape index (κ1) is 23.5. The number of nitrogens with zero attached hydrogens (tertiary/aromatic N) is 2. The van der Waals surface area contributed by atoms with Crippen LogP contribution in [0.5, 0.6) is 0 Å². The first-order valence-corrected chi connectivity index (χ1v) is 14.2. The van der Waals surface area contributed by atoms with E-state index in [0.717, 1.165) is 13.1 Å². The molecule has 180 valence electrons. The molecule has 0 spiro atoms. The number of aryl methyl sites for hydroxylation is 1. The van der Waals surface area contributed by atoms with Gasteiger partial charge in [-0.2, -0.15) is 0 Å². The Kier molecular flexibility index (Phi) is 6.98. The van der Waals surface area contributed by atoms with Crippen molar-refractivity contribution in [3.05, 3.63) is 58.8 Å². The van der Waals surface area contributed by atoms with Gasteiger partial charge in [-0.25, -0.2) is 0 Å². The molecule has 4 aliphatic rings. The summed E-state index contributed by atoms with van der Waals surface area (Å²) in [6.45, 7) is 14.4. The van der Waals surface area contributed by atoms with E-state index in [2.05, 4.69) is 90.7 Å². The smallest absolute Gasteiger partial charge is 0.0623 e. The molecule has 0 amide bonds. The minimum atomic E-state index is 0.0830. The minimum absolute atomic E-state index is 0.0830. The first-order chi connectivity index (χ1) is 16.0. The molecule has 3 aliphatic heterocycles. The lowest BCUT2D eigenvalue weighted by Crippen LogP contribution is -2.47. The average molecular weight is 466 g/mol. The quantitative estimate of drug-likeness (QED) is 0.391. The predicted octanol–water partition coefficient (Wildman–Crippen LogP) is 6.58. The van der Waals surface area contributed by atoms with Crippen molar-refractivity contribution in [2.75, 3.05) is 26.2 Å². The van der Waals surface area contributed by atoms with Gasteiger partial charge < -0.3 is 10.2 Å². The Labute approximate surface area is 206 Å². The first-order valence-electron chi connectivity index (χ1n) is 13.3. The lowest BCUT2D eigenvalue weighted by molar-refractivity contribution is 0.137. The molecule has 0 saturated carbocycles. The fourth-order valence-corrected chi connectivity index (χ4v) is 8.05. The monoisotopic (exact) mass is 465 g/mol. The summed E-state index contributed by atoms with van der Waals surface area (Å²) in [6, 6.07) is 7.68.